The van der Waals surface area contributed by atoms with E-state index < -0.39 is 0 Å². The zero-order chi connectivity index (χ0) is 13.1. The molecule has 0 bridgehead atoms. The predicted octanol–water partition coefficient (Wildman–Crippen LogP) is 1.67. The fourth-order valence-corrected chi connectivity index (χ4v) is 2.84. The number of benzene rings is 1. The van der Waals surface area contributed by atoms with E-state index in [2.05, 4.69) is 29.6 Å². The molecule has 2 aliphatic heterocycles. The molecule has 1 N–H and O–H groups in total. The van der Waals surface area contributed by atoms with Crippen molar-refractivity contribution in [2.45, 2.75) is 12.8 Å². The number of amidine groups is 1. The Morgan fingerprint density at radius 2 is 1.89 bits per heavy atom. The van der Waals surface area contributed by atoms with E-state index >= 15 is 0 Å². The molecule has 0 saturated carbocycles. The Kier molecular flexibility index (Phi) is 3.59. The van der Waals surface area contributed by atoms with E-state index in [0.717, 1.165) is 50.1 Å². The first kappa shape index (κ1) is 12.7. The van der Waals surface area contributed by atoms with Gasteiger partial charge in [-0.1, -0.05) is 35.4 Å². The van der Waals surface area contributed by atoms with Crippen LogP contribution in [0.5, 0.6) is 0 Å². The van der Waals surface area contributed by atoms with Gasteiger partial charge in [0.2, 0.25) is 0 Å². The topological polar surface area (TPSA) is 33.6 Å². The minimum atomic E-state index is 0.541. The molecule has 0 aliphatic carbocycles. The second kappa shape index (κ2) is 5.36. The number of ether oxygens (including phenoxy) is 1. The van der Waals surface area contributed by atoms with Crippen LogP contribution in [0.3, 0.4) is 0 Å². The predicted molar refractivity (Wildman–Crippen MR) is 78.7 cm³/mol. The number of quaternary nitrogens is 1. The average molecular weight is 276 g/mol. The lowest BCUT2D eigenvalue weighted by Gasteiger charge is -2.30. The second-order valence-electron chi connectivity index (χ2n) is 4.94. The molecule has 0 amide bonds. The molecule has 2 heterocycles. The second-order valence-corrected chi connectivity index (χ2v) is 5.33. The van der Waals surface area contributed by atoms with Gasteiger partial charge in [0, 0.05) is 18.6 Å². The van der Waals surface area contributed by atoms with Crippen molar-refractivity contribution in [2.75, 3.05) is 26.3 Å². The first-order chi connectivity index (χ1) is 9.28. The summed E-state index contributed by atoms with van der Waals surface area (Å²) in [6.45, 7) is 3.16. The third kappa shape index (κ3) is 2.68. The number of aryl methyl sites for hydroxylation is 1. The fraction of sp³-hybridized carbons (Fsp3) is 0.429. The van der Waals surface area contributed by atoms with Gasteiger partial charge >= 0.3 is 5.11 Å². The highest BCUT2D eigenvalue weighted by Gasteiger charge is 2.42. The molecule has 0 radical (unpaired) electrons. The van der Waals surface area contributed by atoms with Crippen LogP contribution in [0.1, 0.15) is 12.0 Å². The van der Waals surface area contributed by atoms with E-state index in [1.807, 2.05) is 6.07 Å². The third-order valence-electron chi connectivity index (χ3n) is 3.65. The lowest BCUT2D eigenvalue weighted by atomic mass is 10.1. The highest BCUT2D eigenvalue weighted by molar-refractivity contribution is 7.80. The van der Waals surface area contributed by atoms with Gasteiger partial charge < -0.3 is 4.74 Å². The van der Waals surface area contributed by atoms with Crippen molar-refractivity contribution in [3.05, 3.63) is 35.9 Å². The van der Waals surface area contributed by atoms with Gasteiger partial charge in [-0.15, -0.1) is 4.59 Å². The van der Waals surface area contributed by atoms with Crippen molar-refractivity contribution in [2.24, 2.45) is 5.10 Å². The average Bonchev–Trinajstić information content (AvgIpc) is 2.75. The van der Waals surface area contributed by atoms with Gasteiger partial charge in [-0.05, 0) is 12.0 Å². The molecule has 1 aromatic rings. The van der Waals surface area contributed by atoms with E-state index in [4.69, 9.17) is 22.1 Å². The van der Waals surface area contributed by atoms with Gasteiger partial charge in [0.05, 0.1) is 13.2 Å². The van der Waals surface area contributed by atoms with E-state index in [0.29, 0.717) is 4.59 Å². The molecule has 1 fully saturated rings. The number of thiocarbonyl (C=S) groups is 1. The maximum Gasteiger partial charge on any atom is 0.302 e. The molecule has 0 atom stereocenters. The quantitative estimate of drug-likeness (QED) is 0.673. The van der Waals surface area contributed by atoms with E-state index in [-0.39, 0.29) is 0 Å². The lowest BCUT2D eigenvalue weighted by Crippen LogP contribution is -2.54. The summed E-state index contributed by atoms with van der Waals surface area (Å²) in [5.41, 5.74) is 1.33. The van der Waals surface area contributed by atoms with Crippen LogP contribution < -0.4 is 5.32 Å². The summed E-state index contributed by atoms with van der Waals surface area (Å²) < 4.78 is 5.94. The monoisotopic (exact) mass is 276 g/mol. The Hall–Kier alpha value is -1.30. The van der Waals surface area contributed by atoms with Gasteiger partial charge in [-0.25, -0.2) is 0 Å². The Bertz CT molecular complexity index is 495. The first-order valence-corrected chi connectivity index (χ1v) is 7.09. The summed E-state index contributed by atoms with van der Waals surface area (Å²) in [4.78, 5) is 0. The molecule has 1 saturated heterocycles. The molecule has 4 nitrogen and oxygen atoms in total. The van der Waals surface area contributed by atoms with Crippen LogP contribution in [0.25, 0.3) is 0 Å². The normalized spacial score (nSPS) is 21.3. The van der Waals surface area contributed by atoms with Crippen LogP contribution in [0, 0.1) is 0 Å². The summed E-state index contributed by atoms with van der Waals surface area (Å²) in [7, 11) is 0. The van der Waals surface area contributed by atoms with Crippen LogP contribution in [0.15, 0.2) is 35.4 Å². The summed E-state index contributed by atoms with van der Waals surface area (Å²) in [5.74, 6) is 1.01. The number of hydrogen-bond acceptors (Lipinski definition) is 3. The maximum atomic E-state index is 5.45. The third-order valence-corrected chi connectivity index (χ3v) is 4.09. The van der Waals surface area contributed by atoms with E-state index in [9.17, 15) is 0 Å². The van der Waals surface area contributed by atoms with Crippen LogP contribution in [-0.2, 0) is 11.2 Å². The van der Waals surface area contributed by atoms with Gasteiger partial charge in [0.15, 0.2) is 5.84 Å². The SMILES string of the molecule is S=C1NC(CCc2ccccc2)=N[N+]12CCOCC2. The summed E-state index contributed by atoms with van der Waals surface area (Å²) in [5, 5.41) is 8.91. The lowest BCUT2D eigenvalue weighted by molar-refractivity contribution is -0.853. The van der Waals surface area contributed by atoms with Crippen molar-refractivity contribution in [3.63, 3.8) is 0 Å². The van der Waals surface area contributed by atoms with Gasteiger partial charge in [0.25, 0.3) is 0 Å². The van der Waals surface area contributed by atoms with Crippen molar-refractivity contribution < 1.29 is 9.33 Å². The van der Waals surface area contributed by atoms with Crippen molar-refractivity contribution in [3.8, 4) is 0 Å². The standard InChI is InChI=1S/C14H17N3OS/c19-14-15-13(7-6-12-4-2-1-3-5-12)16-17(14)8-10-18-11-9-17/h1-5H,6-11H2/p+1. The fourth-order valence-electron chi connectivity index (χ4n) is 2.50. The molecular weight excluding hydrogens is 258 g/mol. The molecule has 100 valence electrons. The number of rotatable bonds is 3. The molecule has 5 heteroatoms. The number of morpholine rings is 1. The van der Waals surface area contributed by atoms with E-state index in [1.54, 1.807) is 0 Å². The summed E-state index contributed by atoms with van der Waals surface area (Å²) in [6.07, 6.45) is 1.90. The molecule has 0 aromatic heterocycles. The van der Waals surface area contributed by atoms with Crippen LogP contribution >= 0.6 is 12.2 Å². The highest BCUT2D eigenvalue weighted by Crippen LogP contribution is 2.19. The van der Waals surface area contributed by atoms with Gasteiger partial charge in [-0.2, -0.15) is 0 Å². The Labute approximate surface area is 118 Å². The first-order valence-electron chi connectivity index (χ1n) is 6.68. The maximum absolute atomic E-state index is 5.45. The molecule has 1 spiro atoms. The van der Waals surface area contributed by atoms with Gasteiger partial charge in [0.1, 0.15) is 13.1 Å². The Morgan fingerprint density at radius 1 is 1.16 bits per heavy atom. The molecule has 0 unspecified atom stereocenters. The minimum Gasteiger partial charge on any atom is -0.370 e. The van der Waals surface area contributed by atoms with Crippen molar-refractivity contribution >= 4 is 23.2 Å². The van der Waals surface area contributed by atoms with Crippen molar-refractivity contribution in [1.29, 1.82) is 0 Å². The van der Waals surface area contributed by atoms with Crippen LogP contribution in [-0.4, -0.2) is 41.8 Å². The summed E-state index contributed by atoms with van der Waals surface area (Å²) in [6, 6.07) is 10.5. The number of nitrogens with zero attached hydrogens (tertiary/aromatic N) is 2. The zero-order valence-electron chi connectivity index (χ0n) is 10.8. The number of hydrogen-bond donors (Lipinski definition) is 1. The van der Waals surface area contributed by atoms with E-state index in [1.165, 1.54) is 5.56 Å². The Balaban J connectivity index is 1.66. The smallest absolute Gasteiger partial charge is 0.302 e. The van der Waals surface area contributed by atoms with Crippen LogP contribution in [0.4, 0.5) is 0 Å². The molecule has 2 aliphatic rings. The minimum absolute atomic E-state index is 0.541. The molecule has 19 heavy (non-hydrogen) atoms. The Morgan fingerprint density at radius 3 is 2.63 bits per heavy atom. The summed E-state index contributed by atoms with van der Waals surface area (Å²) >= 11 is 5.45. The largest absolute Gasteiger partial charge is 0.370 e. The molecule has 3 rings (SSSR count). The molecule has 1 aromatic carbocycles. The molecular formula is C14H18N3OS+. The highest BCUT2D eigenvalue weighted by atomic mass is 32.1. The van der Waals surface area contributed by atoms with Gasteiger partial charge in [-0.3, -0.25) is 5.32 Å². The van der Waals surface area contributed by atoms with Crippen LogP contribution in [0.2, 0.25) is 0 Å². The zero-order valence-corrected chi connectivity index (χ0v) is 11.7. The van der Waals surface area contributed by atoms with Crippen molar-refractivity contribution in [1.82, 2.24) is 5.32 Å². The number of nitrogens with one attached hydrogen (secondary N) is 1.